The molecule has 4 nitrogen and oxygen atoms in total. The van der Waals surface area contributed by atoms with E-state index < -0.39 is 12.3 Å². The zero-order valence-electron chi connectivity index (χ0n) is 15.5. The van der Waals surface area contributed by atoms with Gasteiger partial charge >= 0.3 is 6.16 Å². The smallest absolute Gasteiger partial charge is 0.461 e. The third-order valence-electron chi connectivity index (χ3n) is 4.35. The zero-order valence-corrected chi connectivity index (χ0v) is 15.5. The predicted octanol–water partition coefficient (Wildman–Crippen LogP) is 5.07. The molecule has 0 amide bonds. The minimum absolute atomic E-state index is 0.317. The third kappa shape index (κ3) is 5.56. The molecule has 4 heteroatoms. The fraction of sp³-hybridized carbons (Fsp3) is 0.476. The van der Waals surface area contributed by atoms with Gasteiger partial charge in [0.1, 0.15) is 11.5 Å². The quantitative estimate of drug-likeness (QED) is 0.428. The molecule has 25 heavy (non-hydrogen) atoms. The van der Waals surface area contributed by atoms with Crippen LogP contribution in [0.25, 0.3) is 6.08 Å². The van der Waals surface area contributed by atoms with Crippen molar-refractivity contribution in [1.82, 2.24) is 0 Å². The number of furan rings is 1. The van der Waals surface area contributed by atoms with Crippen molar-refractivity contribution in [3.05, 3.63) is 40.9 Å². The van der Waals surface area contributed by atoms with Crippen molar-refractivity contribution in [2.75, 3.05) is 7.11 Å². The van der Waals surface area contributed by atoms with Gasteiger partial charge in [0.05, 0.1) is 7.11 Å². The molecule has 1 aliphatic heterocycles. The van der Waals surface area contributed by atoms with Gasteiger partial charge in [0.15, 0.2) is 6.10 Å². The lowest BCUT2D eigenvalue weighted by atomic mass is 9.91. The van der Waals surface area contributed by atoms with Crippen molar-refractivity contribution in [3.63, 3.8) is 0 Å². The van der Waals surface area contributed by atoms with E-state index in [1.54, 1.807) is 0 Å². The molecule has 2 atom stereocenters. The Bertz CT molecular complexity index is 727. The van der Waals surface area contributed by atoms with E-state index in [1.165, 1.54) is 7.11 Å². The first-order valence-corrected chi connectivity index (χ1v) is 8.54. The van der Waals surface area contributed by atoms with E-state index in [2.05, 4.69) is 30.1 Å². The summed E-state index contributed by atoms with van der Waals surface area (Å²) in [5.74, 6) is 8.32. The van der Waals surface area contributed by atoms with Gasteiger partial charge in [-0.05, 0) is 50.8 Å². The predicted molar refractivity (Wildman–Crippen MR) is 98.0 cm³/mol. The van der Waals surface area contributed by atoms with Gasteiger partial charge in [-0.15, -0.1) is 0 Å². The Morgan fingerprint density at radius 2 is 2.12 bits per heavy atom. The summed E-state index contributed by atoms with van der Waals surface area (Å²) in [4.78, 5) is 11.4. The summed E-state index contributed by atoms with van der Waals surface area (Å²) in [6, 6.07) is 2.04. The molecule has 1 aromatic rings. The number of hydrogen-bond acceptors (Lipinski definition) is 4. The number of methoxy groups -OCH3 is 1. The maximum atomic E-state index is 11.4. The topological polar surface area (TPSA) is 48.7 Å². The van der Waals surface area contributed by atoms with Crippen molar-refractivity contribution in [1.29, 1.82) is 0 Å². The number of aryl methyl sites for hydroxylation is 1. The fourth-order valence-electron chi connectivity index (χ4n) is 2.88. The first-order valence-electron chi connectivity index (χ1n) is 8.54. The van der Waals surface area contributed by atoms with Crippen LogP contribution < -0.4 is 0 Å². The van der Waals surface area contributed by atoms with E-state index >= 15 is 0 Å². The highest BCUT2D eigenvalue weighted by Crippen LogP contribution is 2.26. The molecule has 0 saturated carbocycles. The average molecular weight is 342 g/mol. The van der Waals surface area contributed by atoms with Crippen LogP contribution in [0.2, 0.25) is 0 Å². The molecular weight excluding hydrogens is 316 g/mol. The SMILES string of the molecule is C=C(C)[C@H]1CCC#C[C@@H](OC(=O)OC)C/C(C)=C/c2cc(C)c(o2)C1. The largest absolute Gasteiger partial charge is 0.509 e. The van der Waals surface area contributed by atoms with Crippen LogP contribution in [0, 0.1) is 24.7 Å². The van der Waals surface area contributed by atoms with E-state index in [0.717, 1.165) is 41.1 Å². The fourth-order valence-corrected chi connectivity index (χ4v) is 2.88. The third-order valence-corrected chi connectivity index (χ3v) is 4.35. The van der Waals surface area contributed by atoms with Gasteiger partial charge < -0.3 is 13.9 Å². The molecular formula is C21H26O4. The van der Waals surface area contributed by atoms with Gasteiger partial charge in [-0.2, -0.15) is 0 Å². The maximum absolute atomic E-state index is 11.4. The summed E-state index contributed by atoms with van der Waals surface area (Å²) in [5, 5.41) is 0. The van der Waals surface area contributed by atoms with Crippen LogP contribution in [0.5, 0.6) is 0 Å². The number of carbonyl (C=O) groups excluding carboxylic acids is 1. The van der Waals surface area contributed by atoms with Crippen LogP contribution >= 0.6 is 0 Å². The van der Waals surface area contributed by atoms with E-state index in [9.17, 15) is 4.79 Å². The number of allylic oxidation sites excluding steroid dienone is 1. The van der Waals surface area contributed by atoms with Gasteiger partial charge in [0.25, 0.3) is 0 Å². The van der Waals surface area contributed by atoms with E-state index in [0.29, 0.717) is 18.8 Å². The summed E-state index contributed by atoms with van der Waals surface area (Å²) in [6.45, 7) is 10.2. The van der Waals surface area contributed by atoms with Gasteiger partial charge in [0.2, 0.25) is 0 Å². The molecule has 0 spiro atoms. The molecule has 2 rings (SSSR count). The number of ether oxygens (including phenoxy) is 2. The van der Waals surface area contributed by atoms with Crippen LogP contribution in [0.1, 0.15) is 50.2 Å². The summed E-state index contributed by atoms with van der Waals surface area (Å²) in [6.07, 6.45) is 3.69. The van der Waals surface area contributed by atoms with Gasteiger partial charge in [0, 0.05) is 19.3 Å². The van der Waals surface area contributed by atoms with Crippen molar-refractivity contribution in [2.24, 2.45) is 5.92 Å². The minimum atomic E-state index is -0.715. The van der Waals surface area contributed by atoms with Crippen molar-refractivity contribution in [3.8, 4) is 11.8 Å². The van der Waals surface area contributed by atoms with Crippen LogP contribution in [0.3, 0.4) is 0 Å². The minimum Gasteiger partial charge on any atom is -0.461 e. The van der Waals surface area contributed by atoms with Gasteiger partial charge in [-0.3, -0.25) is 0 Å². The second-order valence-electron chi connectivity index (χ2n) is 6.62. The normalized spacial score (nSPS) is 22.8. The molecule has 0 N–H and O–H groups in total. The molecule has 0 fully saturated rings. The molecule has 0 unspecified atom stereocenters. The zero-order chi connectivity index (χ0) is 18.4. The summed E-state index contributed by atoms with van der Waals surface area (Å²) < 4.78 is 15.9. The standard InChI is InChI=1S/C21H26O4/c1-14(2)17-8-6-7-9-18(25-21(22)23-5)10-15(3)11-19-12-16(4)20(13-17)24-19/h11-12,17-18H,1,6,8,10,13H2,2-5H3/b15-11+/t17-,18+/m0/s1. The molecule has 134 valence electrons. The Hall–Kier alpha value is -2.41. The van der Waals surface area contributed by atoms with Crippen LogP contribution in [0.4, 0.5) is 4.79 Å². The second-order valence-corrected chi connectivity index (χ2v) is 6.62. The number of rotatable bonds is 2. The van der Waals surface area contributed by atoms with Gasteiger partial charge in [-0.1, -0.05) is 29.6 Å². The van der Waals surface area contributed by atoms with E-state index in [4.69, 9.17) is 9.15 Å². The van der Waals surface area contributed by atoms with Crippen molar-refractivity contribution >= 4 is 12.2 Å². The molecule has 1 aromatic heterocycles. The summed E-state index contributed by atoms with van der Waals surface area (Å²) in [7, 11) is 1.29. The molecule has 2 bridgehead atoms. The number of fused-ring (bicyclic) bond motifs is 2. The molecule has 2 heterocycles. The highest BCUT2D eigenvalue weighted by molar-refractivity contribution is 5.60. The lowest BCUT2D eigenvalue weighted by molar-refractivity contribution is 0.0555. The Balaban J connectivity index is 2.32. The lowest BCUT2D eigenvalue weighted by Crippen LogP contribution is -2.17. The molecule has 0 saturated heterocycles. The summed E-state index contributed by atoms with van der Waals surface area (Å²) >= 11 is 0. The van der Waals surface area contributed by atoms with Crippen molar-refractivity contribution in [2.45, 2.75) is 52.6 Å². The van der Waals surface area contributed by atoms with Crippen LogP contribution in [-0.4, -0.2) is 19.4 Å². The Morgan fingerprint density at radius 3 is 2.80 bits per heavy atom. The van der Waals surface area contributed by atoms with Crippen molar-refractivity contribution < 1.29 is 18.7 Å². The Kier molecular flexibility index (Phi) is 6.52. The molecule has 0 aliphatic carbocycles. The number of hydrogen-bond donors (Lipinski definition) is 0. The first-order chi connectivity index (χ1) is 11.9. The van der Waals surface area contributed by atoms with Crippen LogP contribution in [0.15, 0.2) is 28.2 Å². The monoisotopic (exact) mass is 342 g/mol. The first kappa shape index (κ1) is 18.9. The van der Waals surface area contributed by atoms with Crippen LogP contribution in [-0.2, 0) is 15.9 Å². The second kappa shape index (κ2) is 8.62. The number of carbonyl (C=O) groups is 1. The highest BCUT2D eigenvalue weighted by atomic mass is 16.7. The molecule has 0 aromatic carbocycles. The van der Waals surface area contributed by atoms with Gasteiger partial charge in [-0.25, -0.2) is 4.79 Å². The summed E-state index contributed by atoms with van der Waals surface area (Å²) in [5.41, 5.74) is 3.30. The average Bonchev–Trinajstić information content (AvgIpc) is 2.88. The highest BCUT2D eigenvalue weighted by Gasteiger charge is 2.17. The molecule has 1 aliphatic rings. The molecule has 0 radical (unpaired) electrons. The maximum Gasteiger partial charge on any atom is 0.509 e. The Labute approximate surface area is 149 Å². The lowest BCUT2D eigenvalue weighted by Gasteiger charge is -2.15. The van der Waals surface area contributed by atoms with E-state index in [-0.39, 0.29) is 0 Å². The Morgan fingerprint density at radius 1 is 1.36 bits per heavy atom. The van der Waals surface area contributed by atoms with E-state index in [1.807, 2.05) is 26.0 Å².